The fourth-order valence-electron chi connectivity index (χ4n) is 1.24. The highest BCUT2D eigenvalue weighted by Gasteiger charge is 2.06. The monoisotopic (exact) mass is 250 g/mol. The third kappa shape index (κ3) is 10.9. The lowest BCUT2D eigenvalue weighted by Gasteiger charge is -2.12. The first-order chi connectivity index (χ1) is 7.20. The minimum Gasteiger partial charge on any atom is -0.247 e. The van der Waals surface area contributed by atoms with Gasteiger partial charge in [0.25, 0.3) is 0 Å². The molecule has 0 aliphatic rings. The summed E-state index contributed by atoms with van der Waals surface area (Å²) < 4.78 is 5.58. The van der Waals surface area contributed by atoms with E-state index in [9.17, 15) is 0 Å². The summed E-state index contributed by atoms with van der Waals surface area (Å²) in [6, 6.07) is 0. The number of hydrogen-bond acceptors (Lipinski definition) is 3. The first-order valence-electron chi connectivity index (χ1n) is 6.19. The lowest BCUT2D eigenvalue weighted by atomic mass is 10.2. The second-order valence-electron chi connectivity index (χ2n) is 4.17. The summed E-state index contributed by atoms with van der Waals surface area (Å²) in [5.41, 5.74) is 0. The highest BCUT2D eigenvalue weighted by Crippen LogP contribution is 2.27. The van der Waals surface area contributed by atoms with Crippen LogP contribution in [0.4, 0.5) is 0 Å². The topological polar surface area (TPSA) is 9.23 Å². The van der Waals surface area contributed by atoms with Crippen molar-refractivity contribution < 1.29 is 3.63 Å². The summed E-state index contributed by atoms with van der Waals surface area (Å²) in [5, 5.41) is 1.27. The van der Waals surface area contributed by atoms with Crippen LogP contribution in [-0.2, 0) is 3.63 Å². The molecular weight excluding hydrogens is 224 g/mol. The van der Waals surface area contributed by atoms with Gasteiger partial charge < -0.3 is 0 Å². The minimum atomic E-state index is 0.635. The smallest absolute Gasteiger partial charge is 0.0295 e. The Morgan fingerprint density at radius 3 is 1.60 bits per heavy atom. The molecule has 0 saturated heterocycles. The number of hydrogen-bond donors (Lipinski definition) is 0. The largest absolute Gasteiger partial charge is 0.247 e. The molecule has 0 aromatic heterocycles. The summed E-state index contributed by atoms with van der Waals surface area (Å²) in [4.78, 5) is 0. The predicted octanol–water partition coefficient (Wildman–Crippen LogP) is 5.46. The van der Waals surface area contributed by atoms with Crippen molar-refractivity contribution in [2.24, 2.45) is 0 Å². The molecule has 0 aliphatic heterocycles. The average molecular weight is 250 g/mol. The van der Waals surface area contributed by atoms with Gasteiger partial charge >= 0.3 is 0 Å². The lowest BCUT2D eigenvalue weighted by Crippen LogP contribution is -1.98. The van der Waals surface area contributed by atoms with Crippen LogP contribution < -0.4 is 0 Å². The summed E-state index contributed by atoms with van der Waals surface area (Å²) >= 11 is 3.28. The molecule has 0 rings (SSSR count). The molecule has 92 valence electrons. The van der Waals surface area contributed by atoms with Gasteiger partial charge in [0.1, 0.15) is 0 Å². The maximum absolute atomic E-state index is 5.58. The number of rotatable bonds is 10. The molecular formula is C12H26OS2. The van der Waals surface area contributed by atoms with Crippen molar-refractivity contribution in [2.75, 3.05) is 0 Å². The Balaban J connectivity index is 3.27. The molecule has 0 bridgehead atoms. The zero-order valence-electron chi connectivity index (χ0n) is 10.6. The minimum absolute atomic E-state index is 0.635. The van der Waals surface area contributed by atoms with Crippen LogP contribution in [0, 0.1) is 0 Å². The van der Waals surface area contributed by atoms with Gasteiger partial charge in [-0.05, 0) is 12.8 Å². The normalized spacial score (nSPS) is 15.2. The second kappa shape index (κ2) is 11.2. The van der Waals surface area contributed by atoms with E-state index in [1.54, 1.807) is 24.1 Å². The summed E-state index contributed by atoms with van der Waals surface area (Å²) in [7, 11) is 0. The molecule has 2 atom stereocenters. The third-order valence-corrected chi connectivity index (χ3v) is 4.09. The average Bonchev–Trinajstić information content (AvgIpc) is 2.23. The van der Waals surface area contributed by atoms with Crippen molar-refractivity contribution in [3.63, 3.8) is 0 Å². The van der Waals surface area contributed by atoms with Gasteiger partial charge in [0.05, 0.1) is 0 Å². The molecule has 0 aromatic carbocycles. The van der Waals surface area contributed by atoms with Gasteiger partial charge in [-0.25, -0.2) is 3.63 Å². The van der Waals surface area contributed by atoms with E-state index in [0.717, 1.165) is 0 Å². The number of unbranched alkanes of at least 4 members (excludes halogenated alkanes) is 2. The fraction of sp³-hybridized carbons (Fsp3) is 1.00. The van der Waals surface area contributed by atoms with Gasteiger partial charge in [-0.1, -0.05) is 53.4 Å². The van der Waals surface area contributed by atoms with Crippen molar-refractivity contribution in [2.45, 2.75) is 76.7 Å². The first kappa shape index (κ1) is 15.7. The van der Waals surface area contributed by atoms with E-state index < -0.39 is 0 Å². The van der Waals surface area contributed by atoms with Gasteiger partial charge in [0.15, 0.2) is 0 Å². The molecule has 0 N–H and O–H groups in total. The van der Waals surface area contributed by atoms with Crippen molar-refractivity contribution in [3.05, 3.63) is 0 Å². The van der Waals surface area contributed by atoms with Crippen molar-refractivity contribution in [1.29, 1.82) is 0 Å². The molecule has 0 saturated carbocycles. The molecule has 0 aliphatic carbocycles. The predicted molar refractivity (Wildman–Crippen MR) is 74.2 cm³/mol. The van der Waals surface area contributed by atoms with Crippen LogP contribution in [-0.4, -0.2) is 10.5 Å². The lowest BCUT2D eigenvalue weighted by molar-refractivity contribution is 0.658. The Kier molecular flexibility index (Phi) is 11.6. The maximum Gasteiger partial charge on any atom is 0.0295 e. The van der Waals surface area contributed by atoms with Gasteiger partial charge in [-0.15, -0.1) is 0 Å². The first-order valence-corrected chi connectivity index (χ1v) is 7.80. The van der Waals surface area contributed by atoms with Crippen molar-refractivity contribution >= 4 is 24.1 Å². The van der Waals surface area contributed by atoms with E-state index in [1.807, 2.05) is 0 Å². The Morgan fingerprint density at radius 2 is 1.27 bits per heavy atom. The highest BCUT2D eigenvalue weighted by atomic mass is 32.2. The molecule has 0 fully saturated rings. The van der Waals surface area contributed by atoms with Crippen LogP contribution in [0.15, 0.2) is 0 Å². The molecule has 0 spiro atoms. The van der Waals surface area contributed by atoms with Gasteiger partial charge in [-0.3, -0.25) is 0 Å². The van der Waals surface area contributed by atoms with Crippen molar-refractivity contribution in [1.82, 2.24) is 0 Å². The van der Waals surface area contributed by atoms with Crippen LogP contribution in [0.3, 0.4) is 0 Å². The molecule has 0 radical (unpaired) electrons. The van der Waals surface area contributed by atoms with E-state index in [-0.39, 0.29) is 0 Å². The van der Waals surface area contributed by atoms with Crippen LogP contribution in [0.25, 0.3) is 0 Å². The summed E-state index contributed by atoms with van der Waals surface area (Å²) in [6.45, 7) is 8.97. The molecule has 2 unspecified atom stereocenters. The zero-order chi connectivity index (χ0) is 11.5. The summed E-state index contributed by atoms with van der Waals surface area (Å²) in [6.07, 6.45) is 7.73. The van der Waals surface area contributed by atoms with E-state index in [4.69, 9.17) is 3.63 Å². The van der Waals surface area contributed by atoms with E-state index >= 15 is 0 Å². The Hall–Kier alpha value is 0.660. The molecule has 0 amide bonds. The van der Waals surface area contributed by atoms with E-state index in [1.165, 1.54) is 38.5 Å². The van der Waals surface area contributed by atoms with Crippen molar-refractivity contribution in [3.8, 4) is 0 Å². The summed E-state index contributed by atoms with van der Waals surface area (Å²) in [5.74, 6) is 0. The maximum atomic E-state index is 5.58. The van der Waals surface area contributed by atoms with E-state index in [0.29, 0.717) is 10.5 Å². The zero-order valence-corrected chi connectivity index (χ0v) is 12.3. The van der Waals surface area contributed by atoms with Crippen LogP contribution in [0.1, 0.15) is 66.2 Å². The van der Waals surface area contributed by atoms with Gasteiger partial charge in [-0.2, -0.15) is 0 Å². The fourth-order valence-corrected chi connectivity index (χ4v) is 3.02. The molecule has 15 heavy (non-hydrogen) atoms. The van der Waals surface area contributed by atoms with Crippen LogP contribution in [0.2, 0.25) is 0 Å². The quantitative estimate of drug-likeness (QED) is 0.477. The van der Waals surface area contributed by atoms with E-state index in [2.05, 4.69) is 27.7 Å². The Bertz CT molecular complexity index is 117. The molecule has 0 aromatic rings. The molecule has 3 heteroatoms. The third-order valence-electron chi connectivity index (χ3n) is 2.34. The van der Waals surface area contributed by atoms with Gasteiger partial charge in [0, 0.05) is 34.6 Å². The van der Waals surface area contributed by atoms with Gasteiger partial charge in [0.2, 0.25) is 0 Å². The van der Waals surface area contributed by atoms with Crippen LogP contribution >= 0.6 is 24.1 Å². The molecule has 0 heterocycles. The Labute approximate surface area is 105 Å². The molecule has 1 nitrogen and oxygen atoms in total. The standard InChI is InChI=1S/C12H26OS2/c1-5-7-9-11(3)14-13-15-12(4)10-8-6-2/h11-12H,5-10H2,1-4H3. The SMILES string of the molecule is CCCCC(C)SOSC(C)CCCC. The Morgan fingerprint density at radius 1 is 0.867 bits per heavy atom. The highest BCUT2D eigenvalue weighted by molar-refractivity contribution is 8.08. The second-order valence-corrected chi connectivity index (χ2v) is 6.70. The van der Waals surface area contributed by atoms with Crippen LogP contribution in [0.5, 0.6) is 0 Å².